The van der Waals surface area contributed by atoms with Crippen LogP contribution >= 0.6 is 15.9 Å². The zero-order chi connectivity index (χ0) is 14.9. The molecule has 21 heavy (non-hydrogen) atoms. The summed E-state index contributed by atoms with van der Waals surface area (Å²) in [4.78, 5) is 15.1. The van der Waals surface area contributed by atoms with Gasteiger partial charge in [0.15, 0.2) is 5.54 Å². The average molecular weight is 353 g/mol. The summed E-state index contributed by atoms with van der Waals surface area (Å²) in [5, 5.41) is 3.52. The van der Waals surface area contributed by atoms with Crippen molar-refractivity contribution in [3.8, 4) is 0 Å². The summed E-state index contributed by atoms with van der Waals surface area (Å²) in [6.45, 7) is 5.20. The number of halogens is 1. The first-order chi connectivity index (χ1) is 10.2. The van der Waals surface area contributed by atoms with Gasteiger partial charge < -0.3 is 15.0 Å². The highest BCUT2D eigenvalue weighted by Gasteiger charge is 2.53. The molecule has 3 saturated heterocycles. The van der Waals surface area contributed by atoms with Crippen molar-refractivity contribution >= 4 is 27.6 Å². The second kappa shape index (κ2) is 5.97. The summed E-state index contributed by atoms with van der Waals surface area (Å²) in [7, 11) is 0. The maximum atomic E-state index is 12.7. The molecule has 0 spiro atoms. The van der Waals surface area contributed by atoms with E-state index in [2.05, 4.69) is 26.1 Å². The van der Waals surface area contributed by atoms with Crippen LogP contribution in [-0.2, 0) is 9.53 Å². The van der Waals surface area contributed by atoms with Gasteiger partial charge in [-0.25, -0.2) is 4.79 Å². The van der Waals surface area contributed by atoms with Crippen molar-refractivity contribution in [2.75, 3.05) is 31.6 Å². The Morgan fingerprint density at radius 1 is 1.43 bits per heavy atom. The highest BCUT2D eigenvalue weighted by molar-refractivity contribution is 9.10. The van der Waals surface area contributed by atoms with Crippen LogP contribution in [0.2, 0.25) is 0 Å². The minimum atomic E-state index is -0.615. The van der Waals surface area contributed by atoms with Crippen LogP contribution in [0.3, 0.4) is 0 Å². The van der Waals surface area contributed by atoms with E-state index >= 15 is 0 Å². The SMILES string of the molecule is CCOC(=O)C1(Nc2ccccc2Br)CN2CCC1CC2. The van der Waals surface area contributed by atoms with E-state index in [0.29, 0.717) is 12.5 Å². The number of para-hydroxylation sites is 1. The molecule has 0 saturated carbocycles. The summed E-state index contributed by atoms with van der Waals surface area (Å²) in [6.07, 6.45) is 2.10. The van der Waals surface area contributed by atoms with Gasteiger partial charge >= 0.3 is 5.97 Å². The predicted octanol–water partition coefficient (Wildman–Crippen LogP) is 2.89. The van der Waals surface area contributed by atoms with Crippen molar-refractivity contribution in [3.05, 3.63) is 28.7 Å². The molecule has 114 valence electrons. The second-order valence-electron chi connectivity index (χ2n) is 5.85. The van der Waals surface area contributed by atoms with E-state index in [1.54, 1.807) is 0 Å². The number of benzene rings is 1. The van der Waals surface area contributed by atoms with Gasteiger partial charge in [0.05, 0.1) is 6.61 Å². The van der Waals surface area contributed by atoms with E-state index in [9.17, 15) is 4.79 Å². The fourth-order valence-corrected chi connectivity index (χ4v) is 3.94. The van der Waals surface area contributed by atoms with E-state index in [4.69, 9.17) is 4.74 Å². The van der Waals surface area contributed by atoms with Crippen molar-refractivity contribution in [2.45, 2.75) is 25.3 Å². The van der Waals surface area contributed by atoms with Crippen molar-refractivity contribution in [1.82, 2.24) is 4.90 Å². The quantitative estimate of drug-likeness (QED) is 0.846. The average Bonchev–Trinajstić information content (AvgIpc) is 2.51. The summed E-state index contributed by atoms with van der Waals surface area (Å²) in [5.74, 6) is 0.226. The van der Waals surface area contributed by atoms with Crippen LogP contribution in [0.15, 0.2) is 28.7 Å². The summed E-state index contributed by atoms with van der Waals surface area (Å²) in [5.41, 5.74) is 0.343. The molecule has 3 aliphatic heterocycles. The molecule has 4 nitrogen and oxygen atoms in total. The Bertz CT molecular complexity index is 529. The van der Waals surface area contributed by atoms with Crippen LogP contribution < -0.4 is 5.32 Å². The molecular weight excluding hydrogens is 332 g/mol. The second-order valence-corrected chi connectivity index (χ2v) is 6.70. The molecule has 1 atom stereocenters. The number of piperidine rings is 3. The monoisotopic (exact) mass is 352 g/mol. The Morgan fingerprint density at radius 3 is 2.71 bits per heavy atom. The number of carbonyl (C=O) groups is 1. The molecule has 5 heteroatoms. The third kappa shape index (κ3) is 2.69. The lowest BCUT2D eigenvalue weighted by molar-refractivity contribution is -0.155. The highest BCUT2D eigenvalue weighted by atomic mass is 79.9. The summed E-state index contributed by atoms with van der Waals surface area (Å²) >= 11 is 3.56. The lowest BCUT2D eigenvalue weighted by Crippen LogP contribution is -2.67. The number of ether oxygens (including phenoxy) is 1. The van der Waals surface area contributed by atoms with Crippen LogP contribution in [0.4, 0.5) is 5.69 Å². The fraction of sp³-hybridized carbons (Fsp3) is 0.562. The van der Waals surface area contributed by atoms with E-state index in [1.807, 2.05) is 31.2 Å². The zero-order valence-corrected chi connectivity index (χ0v) is 13.9. The number of hydrogen-bond acceptors (Lipinski definition) is 4. The van der Waals surface area contributed by atoms with Crippen LogP contribution in [-0.4, -0.2) is 42.6 Å². The van der Waals surface area contributed by atoms with Gasteiger partial charge in [0.1, 0.15) is 0 Å². The molecule has 0 aromatic heterocycles. The van der Waals surface area contributed by atoms with Gasteiger partial charge in [-0.15, -0.1) is 0 Å². The molecule has 1 aromatic rings. The molecule has 3 aliphatic rings. The van der Waals surface area contributed by atoms with Crippen LogP contribution in [0.25, 0.3) is 0 Å². The third-order valence-corrected chi connectivity index (χ3v) is 5.32. The molecule has 0 amide bonds. The van der Waals surface area contributed by atoms with E-state index in [0.717, 1.165) is 42.6 Å². The van der Waals surface area contributed by atoms with Crippen molar-refractivity contribution < 1.29 is 9.53 Å². The number of rotatable bonds is 4. The normalized spacial score (nSPS) is 31.0. The number of carbonyl (C=O) groups excluding carboxylic acids is 1. The number of nitrogens with one attached hydrogen (secondary N) is 1. The van der Waals surface area contributed by atoms with Gasteiger partial charge in [-0.3, -0.25) is 0 Å². The molecule has 0 aliphatic carbocycles. The van der Waals surface area contributed by atoms with Gasteiger partial charge in [-0.05, 0) is 66.8 Å². The maximum Gasteiger partial charge on any atom is 0.333 e. The first-order valence-corrected chi connectivity index (χ1v) is 8.37. The Kier molecular flexibility index (Phi) is 4.22. The van der Waals surface area contributed by atoms with Gasteiger partial charge in [0, 0.05) is 16.7 Å². The first-order valence-electron chi connectivity index (χ1n) is 7.58. The summed E-state index contributed by atoms with van der Waals surface area (Å²) in [6, 6.07) is 7.95. The smallest absolute Gasteiger partial charge is 0.333 e. The van der Waals surface area contributed by atoms with Gasteiger partial charge in [0.2, 0.25) is 0 Å². The zero-order valence-electron chi connectivity index (χ0n) is 12.3. The van der Waals surface area contributed by atoms with Crippen LogP contribution in [0, 0.1) is 5.92 Å². The Balaban J connectivity index is 1.93. The number of nitrogens with zero attached hydrogens (tertiary/aromatic N) is 1. The van der Waals surface area contributed by atoms with E-state index < -0.39 is 5.54 Å². The number of esters is 1. The lowest BCUT2D eigenvalue weighted by atomic mass is 9.72. The van der Waals surface area contributed by atoms with E-state index in [-0.39, 0.29) is 5.97 Å². The maximum absolute atomic E-state index is 12.7. The molecule has 1 aromatic carbocycles. The standard InChI is InChI=1S/C16H21BrN2O2/c1-2-21-15(20)16(11-19-9-7-12(16)8-10-19)18-14-6-4-3-5-13(14)17/h3-6,12,18H,2,7-11H2,1H3. The van der Waals surface area contributed by atoms with Crippen LogP contribution in [0.1, 0.15) is 19.8 Å². The van der Waals surface area contributed by atoms with E-state index in [1.165, 1.54) is 0 Å². The highest BCUT2D eigenvalue weighted by Crippen LogP contribution is 2.40. The molecule has 4 rings (SSSR count). The fourth-order valence-electron chi connectivity index (χ4n) is 3.55. The Hall–Kier alpha value is -1.07. The topological polar surface area (TPSA) is 41.6 Å². The van der Waals surface area contributed by atoms with Gasteiger partial charge in [-0.2, -0.15) is 0 Å². The summed E-state index contributed by atoms with van der Waals surface area (Å²) < 4.78 is 6.38. The molecule has 3 fully saturated rings. The molecule has 0 radical (unpaired) electrons. The predicted molar refractivity (Wildman–Crippen MR) is 86.3 cm³/mol. The van der Waals surface area contributed by atoms with Crippen molar-refractivity contribution in [2.24, 2.45) is 5.92 Å². The third-order valence-electron chi connectivity index (χ3n) is 4.63. The van der Waals surface area contributed by atoms with Gasteiger partial charge in [-0.1, -0.05) is 12.1 Å². The van der Waals surface area contributed by atoms with Crippen molar-refractivity contribution in [3.63, 3.8) is 0 Å². The number of hydrogen-bond donors (Lipinski definition) is 1. The minimum Gasteiger partial charge on any atom is -0.464 e. The number of fused-ring (bicyclic) bond motifs is 3. The van der Waals surface area contributed by atoms with Gasteiger partial charge in [0.25, 0.3) is 0 Å². The Labute approximate surface area is 134 Å². The molecule has 1 N–H and O–H groups in total. The largest absolute Gasteiger partial charge is 0.464 e. The van der Waals surface area contributed by atoms with Crippen LogP contribution in [0.5, 0.6) is 0 Å². The minimum absolute atomic E-state index is 0.116. The lowest BCUT2D eigenvalue weighted by Gasteiger charge is -2.52. The molecule has 2 bridgehead atoms. The first kappa shape index (κ1) is 14.9. The number of anilines is 1. The molecule has 1 unspecified atom stereocenters. The Morgan fingerprint density at radius 2 is 2.14 bits per heavy atom. The van der Waals surface area contributed by atoms with Crippen molar-refractivity contribution in [1.29, 1.82) is 0 Å². The molecule has 3 heterocycles. The molecular formula is C16H21BrN2O2.